The lowest BCUT2D eigenvalue weighted by Gasteiger charge is -2.35. The Labute approximate surface area is 189 Å². The molecule has 2 aromatic carbocycles. The van der Waals surface area contributed by atoms with Crippen LogP contribution in [0.5, 0.6) is 0 Å². The fraction of sp³-hybridized carbons (Fsp3) is 0.423. The van der Waals surface area contributed by atoms with E-state index in [9.17, 15) is 14.4 Å². The van der Waals surface area contributed by atoms with Crippen molar-refractivity contribution < 1.29 is 14.4 Å². The van der Waals surface area contributed by atoms with Gasteiger partial charge in [-0.15, -0.1) is 0 Å². The molecule has 2 aliphatic heterocycles. The van der Waals surface area contributed by atoms with E-state index in [0.717, 1.165) is 36.1 Å². The maximum atomic E-state index is 13.5. The molecular formula is C26H31N3O3. The summed E-state index contributed by atoms with van der Waals surface area (Å²) >= 11 is 0. The van der Waals surface area contributed by atoms with Crippen molar-refractivity contribution in [2.45, 2.75) is 56.9 Å². The summed E-state index contributed by atoms with van der Waals surface area (Å²) in [5.74, 6) is -0.283. The number of benzene rings is 2. The van der Waals surface area contributed by atoms with Crippen LogP contribution in [0.4, 0.5) is 5.69 Å². The summed E-state index contributed by atoms with van der Waals surface area (Å²) in [5, 5.41) is 6.15. The molecule has 32 heavy (non-hydrogen) atoms. The number of rotatable bonds is 4. The monoisotopic (exact) mass is 433 g/mol. The first kappa shape index (κ1) is 22.1. The third-order valence-electron chi connectivity index (χ3n) is 6.80. The van der Waals surface area contributed by atoms with Gasteiger partial charge in [-0.3, -0.25) is 14.4 Å². The topological polar surface area (TPSA) is 78.5 Å². The molecule has 6 heteroatoms. The van der Waals surface area contributed by atoms with E-state index in [-0.39, 0.29) is 29.6 Å². The highest BCUT2D eigenvalue weighted by atomic mass is 16.2. The van der Waals surface area contributed by atoms with Crippen LogP contribution in [-0.2, 0) is 14.4 Å². The van der Waals surface area contributed by atoms with Crippen LogP contribution in [0.2, 0.25) is 0 Å². The summed E-state index contributed by atoms with van der Waals surface area (Å²) in [6.07, 6.45) is 3.16. The molecule has 4 rings (SSSR count). The molecule has 2 fully saturated rings. The first-order valence-corrected chi connectivity index (χ1v) is 11.4. The Morgan fingerprint density at radius 1 is 1.12 bits per heavy atom. The predicted octanol–water partition coefficient (Wildman–Crippen LogP) is 3.80. The maximum absolute atomic E-state index is 13.5. The molecule has 0 unspecified atom stereocenters. The molecule has 3 amide bonds. The minimum absolute atomic E-state index is 0.0369. The zero-order valence-corrected chi connectivity index (χ0v) is 18.8. The fourth-order valence-electron chi connectivity index (χ4n) is 5.21. The smallest absolute Gasteiger partial charge is 0.229 e. The highest BCUT2D eigenvalue weighted by molar-refractivity contribution is 5.89. The van der Waals surface area contributed by atoms with Gasteiger partial charge in [0.25, 0.3) is 0 Å². The number of amides is 3. The van der Waals surface area contributed by atoms with Crippen LogP contribution in [0.25, 0.3) is 0 Å². The Morgan fingerprint density at radius 2 is 1.91 bits per heavy atom. The first-order chi connectivity index (χ1) is 15.4. The number of hydrogen-bond donors (Lipinski definition) is 2. The lowest BCUT2D eigenvalue weighted by Crippen LogP contribution is -2.53. The Balaban J connectivity index is 1.66. The maximum Gasteiger partial charge on any atom is 0.229 e. The first-order valence-electron chi connectivity index (χ1n) is 11.4. The summed E-state index contributed by atoms with van der Waals surface area (Å²) < 4.78 is 0. The van der Waals surface area contributed by atoms with Gasteiger partial charge in [-0.05, 0) is 43.0 Å². The highest BCUT2D eigenvalue weighted by Gasteiger charge is 2.50. The largest absolute Gasteiger partial charge is 0.348 e. The lowest BCUT2D eigenvalue weighted by molar-refractivity contribution is -0.132. The summed E-state index contributed by atoms with van der Waals surface area (Å²) in [6, 6.07) is 17.6. The van der Waals surface area contributed by atoms with Crippen LogP contribution in [0.15, 0.2) is 54.6 Å². The Bertz CT molecular complexity index is 1010. The molecule has 0 aromatic heterocycles. The van der Waals surface area contributed by atoms with Crippen molar-refractivity contribution in [3.8, 4) is 0 Å². The van der Waals surface area contributed by atoms with Gasteiger partial charge in [0, 0.05) is 38.0 Å². The molecule has 2 aromatic rings. The summed E-state index contributed by atoms with van der Waals surface area (Å²) in [5.41, 5.74) is 2.26. The summed E-state index contributed by atoms with van der Waals surface area (Å²) in [7, 11) is 0. The zero-order chi connectivity index (χ0) is 22.7. The van der Waals surface area contributed by atoms with E-state index >= 15 is 0 Å². The molecule has 2 aliphatic rings. The quantitative estimate of drug-likeness (QED) is 0.770. The van der Waals surface area contributed by atoms with E-state index < -0.39 is 5.54 Å². The van der Waals surface area contributed by atoms with Crippen molar-refractivity contribution >= 4 is 23.4 Å². The van der Waals surface area contributed by atoms with Crippen LogP contribution >= 0.6 is 0 Å². The molecule has 3 atom stereocenters. The molecule has 1 spiro atoms. The van der Waals surface area contributed by atoms with Gasteiger partial charge in [0.1, 0.15) is 0 Å². The molecule has 0 aliphatic carbocycles. The number of carbonyl (C=O) groups is 3. The number of carbonyl (C=O) groups excluding carboxylic acids is 3. The average Bonchev–Trinajstić information content (AvgIpc) is 3.04. The molecule has 2 saturated heterocycles. The molecule has 6 nitrogen and oxygen atoms in total. The molecule has 168 valence electrons. The number of nitrogens with zero attached hydrogens (tertiary/aromatic N) is 1. The second kappa shape index (κ2) is 9.15. The van der Waals surface area contributed by atoms with Gasteiger partial charge < -0.3 is 15.5 Å². The van der Waals surface area contributed by atoms with Crippen LogP contribution in [0.3, 0.4) is 0 Å². The van der Waals surface area contributed by atoms with Gasteiger partial charge in [-0.25, -0.2) is 0 Å². The van der Waals surface area contributed by atoms with Gasteiger partial charge >= 0.3 is 0 Å². The van der Waals surface area contributed by atoms with Gasteiger partial charge in [0.2, 0.25) is 17.7 Å². The Kier molecular flexibility index (Phi) is 6.31. The second-order valence-electron chi connectivity index (χ2n) is 9.12. The van der Waals surface area contributed by atoms with Gasteiger partial charge in [-0.2, -0.15) is 0 Å². The van der Waals surface area contributed by atoms with E-state index in [2.05, 4.69) is 10.6 Å². The van der Waals surface area contributed by atoms with E-state index in [4.69, 9.17) is 0 Å². The van der Waals surface area contributed by atoms with E-state index in [1.54, 1.807) is 0 Å². The Hall–Kier alpha value is -3.15. The van der Waals surface area contributed by atoms with Crippen LogP contribution in [0.1, 0.15) is 62.5 Å². The summed E-state index contributed by atoms with van der Waals surface area (Å²) in [6.45, 7) is 4.48. The normalized spacial score (nSPS) is 24.0. The SMILES string of the molecule is CC(=O)Nc1cccc([C@@H]2CN(C(=O)[C@H](C)c3ccccc3)C[C@]23CCCCC(=O)N3)c1. The van der Waals surface area contributed by atoms with Crippen molar-refractivity contribution in [2.75, 3.05) is 18.4 Å². The van der Waals surface area contributed by atoms with Crippen LogP contribution in [-0.4, -0.2) is 41.2 Å². The number of anilines is 1. The number of nitrogens with one attached hydrogen (secondary N) is 2. The third-order valence-corrected chi connectivity index (χ3v) is 6.80. The van der Waals surface area contributed by atoms with E-state index in [0.29, 0.717) is 19.5 Å². The molecule has 0 saturated carbocycles. The van der Waals surface area contributed by atoms with E-state index in [1.807, 2.05) is 66.4 Å². The van der Waals surface area contributed by atoms with Crippen molar-refractivity contribution in [1.29, 1.82) is 0 Å². The van der Waals surface area contributed by atoms with Crippen molar-refractivity contribution in [1.82, 2.24) is 10.2 Å². The minimum Gasteiger partial charge on any atom is -0.348 e. The lowest BCUT2D eigenvalue weighted by atomic mass is 9.79. The predicted molar refractivity (Wildman–Crippen MR) is 124 cm³/mol. The van der Waals surface area contributed by atoms with Crippen molar-refractivity contribution in [3.05, 3.63) is 65.7 Å². The number of hydrogen-bond acceptors (Lipinski definition) is 3. The standard InChI is InChI=1S/C26H31N3O3/c1-18(20-9-4-3-5-10-20)25(32)29-16-23(21-11-8-12-22(15-21)27-19(2)30)26(17-29)14-7-6-13-24(31)28-26/h3-5,8-12,15,18,23H,6-7,13-14,16-17H2,1-2H3,(H,27,30)(H,28,31)/t18-,23+,26-/m1/s1. The van der Waals surface area contributed by atoms with Gasteiger partial charge in [0.05, 0.1) is 11.5 Å². The highest BCUT2D eigenvalue weighted by Crippen LogP contribution is 2.42. The number of likely N-dealkylation sites (tertiary alicyclic amines) is 1. The zero-order valence-electron chi connectivity index (χ0n) is 18.8. The molecule has 2 heterocycles. The molecule has 0 bridgehead atoms. The Morgan fingerprint density at radius 3 is 2.66 bits per heavy atom. The van der Waals surface area contributed by atoms with Crippen LogP contribution < -0.4 is 10.6 Å². The molecule has 2 N–H and O–H groups in total. The van der Waals surface area contributed by atoms with E-state index in [1.165, 1.54) is 6.92 Å². The van der Waals surface area contributed by atoms with Crippen molar-refractivity contribution in [3.63, 3.8) is 0 Å². The minimum atomic E-state index is -0.492. The van der Waals surface area contributed by atoms with Crippen molar-refractivity contribution in [2.24, 2.45) is 0 Å². The molecular weight excluding hydrogens is 402 g/mol. The fourth-order valence-corrected chi connectivity index (χ4v) is 5.21. The van der Waals surface area contributed by atoms with Gasteiger partial charge in [0.15, 0.2) is 0 Å². The second-order valence-corrected chi connectivity index (χ2v) is 9.12. The average molecular weight is 434 g/mol. The third kappa shape index (κ3) is 4.54. The van der Waals surface area contributed by atoms with Gasteiger partial charge in [-0.1, -0.05) is 48.9 Å². The summed E-state index contributed by atoms with van der Waals surface area (Å²) in [4.78, 5) is 39.6. The van der Waals surface area contributed by atoms with Crippen LogP contribution in [0, 0.1) is 0 Å². The molecule has 0 radical (unpaired) electrons.